The number of oxime groups is 1. The molecule has 1 heterocycles. The van der Waals surface area contributed by atoms with Gasteiger partial charge in [0, 0.05) is 32.5 Å². The fourth-order valence-electron chi connectivity index (χ4n) is 2.14. The summed E-state index contributed by atoms with van der Waals surface area (Å²) in [5, 5.41) is 12.0. The van der Waals surface area contributed by atoms with Crippen LogP contribution in [-0.2, 0) is 6.54 Å². The van der Waals surface area contributed by atoms with Crippen LogP contribution in [0.3, 0.4) is 0 Å². The normalized spacial score (nSPS) is 17.4. The molecule has 1 N–H and O–H groups in total. The van der Waals surface area contributed by atoms with E-state index in [0.717, 1.165) is 38.2 Å². The molecule has 1 fully saturated rings. The zero-order chi connectivity index (χ0) is 11.4. The smallest absolute Gasteiger partial charge is 0.0596 e. The molecular weight excluding hydrogens is 200 g/mol. The Morgan fingerprint density at radius 3 is 2.69 bits per heavy atom. The van der Waals surface area contributed by atoms with Gasteiger partial charge in [0.1, 0.15) is 0 Å². The quantitative estimate of drug-likeness (QED) is 0.611. The number of hydrogen-bond acceptors (Lipinski definition) is 3. The molecular formula is C13H18N2O. The lowest BCUT2D eigenvalue weighted by molar-refractivity contribution is 0.256. The number of likely N-dealkylation sites (tertiary alicyclic amines) is 1. The highest BCUT2D eigenvalue weighted by atomic mass is 16.4. The Bertz CT molecular complexity index is 377. The highest BCUT2D eigenvalue weighted by Crippen LogP contribution is 2.12. The maximum atomic E-state index is 8.67. The first-order valence-corrected chi connectivity index (χ1v) is 5.75. The van der Waals surface area contributed by atoms with Crippen molar-refractivity contribution in [1.29, 1.82) is 0 Å². The van der Waals surface area contributed by atoms with Gasteiger partial charge in [-0.2, -0.15) is 0 Å². The average Bonchev–Trinajstić information content (AvgIpc) is 2.30. The summed E-state index contributed by atoms with van der Waals surface area (Å²) >= 11 is 0. The second kappa shape index (κ2) is 5.12. The van der Waals surface area contributed by atoms with E-state index in [1.807, 2.05) is 0 Å². The Hall–Kier alpha value is -1.35. The minimum Gasteiger partial charge on any atom is -0.411 e. The third-order valence-electron chi connectivity index (χ3n) is 3.06. The molecule has 1 saturated heterocycles. The van der Waals surface area contributed by atoms with Gasteiger partial charge in [-0.25, -0.2) is 0 Å². The van der Waals surface area contributed by atoms with Crippen LogP contribution in [-0.4, -0.2) is 28.9 Å². The summed E-state index contributed by atoms with van der Waals surface area (Å²) in [5.74, 6) is 0. The monoisotopic (exact) mass is 218 g/mol. The van der Waals surface area contributed by atoms with Crippen LogP contribution in [0.1, 0.15) is 24.0 Å². The van der Waals surface area contributed by atoms with Crippen LogP contribution in [0.15, 0.2) is 29.4 Å². The lowest BCUT2D eigenvalue weighted by atomic mass is 10.1. The molecule has 0 spiro atoms. The van der Waals surface area contributed by atoms with Gasteiger partial charge in [0.05, 0.1) is 5.71 Å². The number of piperidine rings is 1. The molecule has 0 radical (unpaired) electrons. The predicted octanol–water partition coefficient (Wildman–Crippen LogP) is 2.42. The van der Waals surface area contributed by atoms with Gasteiger partial charge >= 0.3 is 0 Å². The Morgan fingerprint density at radius 2 is 2.06 bits per heavy atom. The Balaban J connectivity index is 1.92. The van der Waals surface area contributed by atoms with E-state index in [1.54, 1.807) is 0 Å². The molecule has 86 valence electrons. The maximum absolute atomic E-state index is 8.67. The van der Waals surface area contributed by atoms with E-state index in [2.05, 4.69) is 41.2 Å². The van der Waals surface area contributed by atoms with E-state index in [0.29, 0.717) is 0 Å². The molecule has 1 aliphatic heterocycles. The Labute approximate surface area is 96.4 Å². The van der Waals surface area contributed by atoms with E-state index in [4.69, 9.17) is 5.21 Å². The summed E-state index contributed by atoms with van der Waals surface area (Å²) in [6.07, 6.45) is 1.78. The summed E-state index contributed by atoms with van der Waals surface area (Å²) < 4.78 is 0. The molecule has 16 heavy (non-hydrogen) atoms. The summed E-state index contributed by atoms with van der Waals surface area (Å²) in [6.45, 7) is 5.11. The lowest BCUT2D eigenvalue weighted by Gasteiger charge is -2.27. The fraction of sp³-hybridized carbons (Fsp3) is 0.462. The van der Waals surface area contributed by atoms with Crippen molar-refractivity contribution in [1.82, 2.24) is 4.90 Å². The van der Waals surface area contributed by atoms with Gasteiger partial charge < -0.3 is 5.21 Å². The van der Waals surface area contributed by atoms with Crippen molar-refractivity contribution in [3.8, 4) is 0 Å². The highest BCUT2D eigenvalue weighted by molar-refractivity contribution is 5.84. The Morgan fingerprint density at radius 1 is 1.31 bits per heavy atom. The molecule has 0 saturated carbocycles. The molecule has 1 aromatic rings. The highest BCUT2D eigenvalue weighted by Gasteiger charge is 2.15. The third-order valence-corrected chi connectivity index (χ3v) is 3.06. The van der Waals surface area contributed by atoms with Crippen LogP contribution in [0.4, 0.5) is 0 Å². The molecule has 3 heteroatoms. The zero-order valence-corrected chi connectivity index (χ0v) is 9.69. The molecule has 2 rings (SSSR count). The summed E-state index contributed by atoms with van der Waals surface area (Å²) in [6, 6.07) is 8.63. The van der Waals surface area contributed by atoms with Crippen LogP contribution in [0.25, 0.3) is 0 Å². The van der Waals surface area contributed by atoms with Crippen molar-refractivity contribution < 1.29 is 5.21 Å². The fourth-order valence-corrected chi connectivity index (χ4v) is 2.14. The van der Waals surface area contributed by atoms with Gasteiger partial charge in [0.15, 0.2) is 0 Å². The number of benzene rings is 1. The largest absolute Gasteiger partial charge is 0.411 e. The zero-order valence-electron chi connectivity index (χ0n) is 9.69. The first-order valence-electron chi connectivity index (χ1n) is 5.75. The molecule has 0 aromatic heterocycles. The minimum absolute atomic E-state index is 0.891. The molecule has 1 aromatic carbocycles. The second-order valence-corrected chi connectivity index (χ2v) is 4.43. The summed E-state index contributed by atoms with van der Waals surface area (Å²) in [5.41, 5.74) is 3.61. The van der Waals surface area contributed by atoms with E-state index in [-0.39, 0.29) is 0 Å². The van der Waals surface area contributed by atoms with Gasteiger partial charge in [-0.1, -0.05) is 35.0 Å². The molecule has 0 aliphatic carbocycles. The molecule has 0 bridgehead atoms. The second-order valence-electron chi connectivity index (χ2n) is 4.43. The standard InChI is InChI=1S/C13H18N2O/c1-11-3-2-4-12(9-11)10-15-7-5-13(14-16)6-8-15/h2-4,9,16H,5-8,10H2,1H3. The molecule has 3 nitrogen and oxygen atoms in total. The van der Waals surface area contributed by atoms with E-state index in [1.165, 1.54) is 11.1 Å². The van der Waals surface area contributed by atoms with Crippen molar-refractivity contribution in [3.63, 3.8) is 0 Å². The van der Waals surface area contributed by atoms with Crippen LogP contribution in [0.2, 0.25) is 0 Å². The van der Waals surface area contributed by atoms with E-state index in [9.17, 15) is 0 Å². The number of hydrogen-bond donors (Lipinski definition) is 1. The van der Waals surface area contributed by atoms with Crippen molar-refractivity contribution in [2.45, 2.75) is 26.3 Å². The van der Waals surface area contributed by atoms with Gasteiger partial charge in [0.25, 0.3) is 0 Å². The lowest BCUT2D eigenvalue weighted by Crippen LogP contribution is -2.33. The molecule has 0 amide bonds. The molecule has 0 atom stereocenters. The van der Waals surface area contributed by atoms with E-state index >= 15 is 0 Å². The van der Waals surface area contributed by atoms with Crippen molar-refractivity contribution in [3.05, 3.63) is 35.4 Å². The van der Waals surface area contributed by atoms with Crippen LogP contribution in [0, 0.1) is 6.92 Å². The molecule has 1 aliphatic rings. The van der Waals surface area contributed by atoms with Crippen molar-refractivity contribution in [2.75, 3.05) is 13.1 Å². The number of aryl methyl sites for hydroxylation is 1. The summed E-state index contributed by atoms with van der Waals surface area (Å²) in [7, 11) is 0. The minimum atomic E-state index is 0.891. The van der Waals surface area contributed by atoms with Crippen molar-refractivity contribution >= 4 is 5.71 Å². The van der Waals surface area contributed by atoms with Gasteiger partial charge in [0.2, 0.25) is 0 Å². The first kappa shape index (κ1) is 11.1. The predicted molar refractivity (Wildman–Crippen MR) is 64.9 cm³/mol. The topological polar surface area (TPSA) is 35.8 Å². The summed E-state index contributed by atoms with van der Waals surface area (Å²) in [4.78, 5) is 2.41. The van der Waals surface area contributed by atoms with Crippen molar-refractivity contribution in [2.24, 2.45) is 5.16 Å². The maximum Gasteiger partial charge on any atom is 0.0596 e. The van der Waals surface area contributed by atoms with Gasteiger partial charge in [-0.15, -0.1) is 0 Å². The third kappa shape index (κ3) is 2.83. The first-order chi connectivity index (χ1) is 7.78. The Kier molecular flexibility index (Phi) is 3.57. The number of nitrogens with zero attached hydrogens (tertiary/aromatic N) is 2. The van der Waals surface area contributed by atoms with Crippen LogP contribution < -0.4 is 0 Å². The number of rotatable bonds is 2. The van der Waals surface area contributed by atoms with Gasteiger partial charge in [-0.05, 0) is 12.5 Å². The SMILES string of the molecule is Cc1cccc(CN2CCC(=NO)CC2)c1. The molecule has 0 unspecified atom stereocenters. The van der Waals surface area contributed by atoms with E-state index < -0.39 is 0 Å². The van der Waals surface area contributed by atoms with Crippen LogP contribution >= 0.6 is 0 Å². The average molecular weight is 218 g/mol. The van der Waals surface area contributed by atoms with Crippen LogP contribution in [0.5, 0.6) is 0 Å². The van der Waals surface area contributed by atoms with Gasteiger partial charge in [-0.3, -0.25) is 4.90 Å².